The Labute approximate surface area is 75.6 Å². The molecule has 0 spiro atoms. The smallest absolute Gasteiger partial charge is 0.296 e. The maximum atomic E-state index is 10.6. The van der Waals surface area contributed by atoms with Crippen molar-refractivity contribution in [2.45, 2.75) is 12.4 Å². The highest BCUT2D eigenvalue weighted by Crippen LogP contribution is 2.20. The number of rotatable bonds is 2. The SMILES string of the molecule is Cc1c(C(O)S(=O)(=O)O)cnn1C. The highest BCUT2D eigenvalue weighted by atomic mass is 32.2. The molecule has 0 bridgehead atoms. The van der Waals surface area contributed by atoms with Gasteiger partial charge in [0.2, 0.25) is 5.44 Å². The first-order valence-electron chi connectivity index (χ1n) is 3.47. The van der Waals surface area contributed by atoms with Crippen molar-refractivity contribution in [3.63, 3.8) is 0 Å². The van der Waals surface area contributed by atoms with E-state index in [1.807, 2.05) is 0 Å². The Morgan fingerprint density at radius 2 is 2.15 bits per heavy atom. The molecule has 74 valence electrons. The van der Waals surface area contributed by atoms with Crippen LogP contribution in [0.4, 0.5) is 0 Å². The molecule has 1 rings (SSSR count). The van der Waals surface area contributed by atoms with Crippen LogP contribution in [0.3, 0.4) is 0 Å². The summed E-state index contributed by atoms with van der Waals surface area (Å²) in [4.78, 5) is 0. The minimum Gasteiger partial charge on any atom is -0.371 e. The van der Waals surface area contributed by atoms with Crippen molar-refractivity contribution in [1.82, 2.24) is 9.78 Å². The van der Waals surface area contributed by atoms with Gasteiger partial charge in [0.25, 0.3) is 10.1 Å². The molecule has 13 heavy (non-hydrogen) atoms. The van der Waals surface area contributed by atoms with Crippen LogP contribution in [0, 0.1) is 6.92 Å². The van der Waals surface area contributed by atoms with Crippen LogP contribution in [0.5, 0.6) is 0 Å². The molecule has 0 aliphatic heterocycles. The largest absolute Gasteiger partial charge is 0.371 e. The predicted octanol–water partition coefficient (Wildman–Crippen LogP) is -0.393. The van der Waals surface area contributed by atoms with Crippen LogP contribution >= 0.6 is 0 Å². The lowest BCUT2D eigenvalue weighted by Crippen LogP contribution is -2.12. The van der Waals surface area contributed by atoms with Crippen molar-refractivity contribution in [2.24, 2.45) is 7.05 Å². The van der Waals surface area contributed by atoms with Crippen molar-refractivity contribution in [3.05, 3.63) is 17.5 Å². The molecule has 2 N–H and O–H groups in total. The van der Waals surface area contributed by atoms with Crippen molar-refractivity contribution in [3.8, 4) is 0 Å². The number of hydrogen-bond donors (Lipinski definition) is 2. The Hall–Kier alpha value is -0.920. The van der Waals surface area contributed by atoms with Gasteiger partial charge in [-0.1, -0.05) is 0 Å². The molecule has 1 unspecified atom stereocenters. The molecule has 1 heterocycles. The summed E-state index contributed by atoms with van der Waals surface area (Å²) in [5.41, 5.74) is -1.34. The minimum absolute atomic E-state index is 0.0880. The Morgan fingerprint density at radius 1 is 1.62 bits per heavy atom. The Bertz CT molecular complexity index is 408. The van der Waals surface area contributed by atoms with Crippen LogP contribution in [-0.4, -0.2) is 27.9 Å². The van der Waals surface area contributed by atoms with Crippen LogP contribution in [0.25, 0.3) is 0 Å². The summed E-state index contributed by atoms with van der Waals surface area (Å²) >= 11 is 0. The highest BCUT2D eigenvalue weighted by molar-refractivity contribution is 7.85. The molecule has 7 heteroatoms. The fourth-order valence-electron chi connectivity index (χ4n) is 0.919. The maximum Gasteiger partial charge on any atom is 0.296 e. The number of aromatic nitrogens is 2. The molecule has 1 atom stereocenters. The van der Waals surface area contributed by atoms with Crippen molar-refractivity contribution in [1.29, 1.82) is 0 Å². The third-order valence-corrected chi connectivity index (χ3v) is 2.64. The van der Waals surface area contributed by atoms with Gasteiger partial charge in [0.05, 0.1) is 6.20 Å². The molecular formula is C6H10N2O4S. The summed E-state index contributed by atoms with van der Waals surface area (Å²) in [6.45, 7) is 1.59. The van der Waals surface area contributed by atoms with E-state index in [0.717, 1.165) is 0 Å². The number of aliphatic hydroxyl groups is 1. The molecule has 0 saturated carbocycles. The standard InChI is InChI=1S/C6H10N2O4S/c1-4-5(3-7-8(4)2)6(9)13(10,11)12/h3,6,9H,1-2H3,(H,10,11,12). The average Bonchev–Trinajstić information content (AvgIpc) is 2.30. The zero-order valence-electron chi connectivity index (χ0n) is 7.17. The van der Waals surface area contributed by atoms with Crippen LogP contribution in [0.15, 0.2) is 6.20 Å². The first-order chi connectivity index (χ1) is 5.84. The quantitative estimate of drug-likeness (QED) is 0.643. The topological polar surface area (TPSA) is 92.4 Å². The molecule has 0 aromatic carbocycles. The van der Waals surface area contributed by atoms with Crippen LogP contribution < -0.4 is 0 Å². The Morgan fingerprint density at radius 3 is 2.46 bits per heavy atom. The first kappa shape index (κ1) is 10.2. The van der Waals surface area contributed by atoms with Gasteiger partial charge in [-0.15, -0.1) is 0 Å². The van der Waals surface area contributed by atoms with Gasteiger partial charge in [-0.05, 0) is 6.92 Å². The van der Waals surface area contributed by atoms with E-state index in [0.29, 0.717) is 5.69 Å². The molecule has 1 aromatic rings. The summed E-state index contributed by atoms with van der Waals surface area (Å²) in [6, 6.07) is 0. The van der Waals surface area contributed by atoms with Crippen molar-refractivity contribution >= 4 is 10.1 Å². The van der Waals surface area contributed by atoms with Gasteiger partial charge >= 0.3 is 0 Å². The van der Waals surface area contributed by atoms with E-state index in [2.05, 4.69) is 5.10 Å². The second-order valence-corrected chi connectivity index (χ2v) is 4.15. The lowest BCUT2D eigenvalue weighted by atomic mass is 10.3. The summed E-state index contributed by atoms with van der Waals surface area (Å²) < 4.78 is 31.1. The number of nitrogens with zero attached hydrogens (tertiary/aromatic N) is 2. The van der Waals surface area contributed by atoms with Gasteiger partial charge in [0, 0.05) is 18.3 Å². The summed E-state index contributed by atoms with van der Waals surface area (Å²) in [7, 11) is -2.86. The number of aliphatic hydroxyl groups excluding tert-OH is 1. The lowest BCUT2D eigenvalue weighted by molar-refractivity contribution is 0.237. The number of hydrogen-bond acceptors (Lipinski definition) is 4. The Balaban J connectivity index is 3.17. The van der Waals surface area contributed by atoms with Gasteiger partial charge < -0.3 is 5.11 Å². The normalized spacial score (nSPS) is 14.5. The zero-order chi connectivity index (χ0) is 10.2. The maximum absolute atomic E-state index is 10.6. The molecule has 0 saturated heterocycles. The monoisotopic (exact) mass is 206 g/mol. The molecule has 0 radical (unpaired) electrons. The summed E-state index contributed by atoms with van der Waals surface area (Å²) in [5.74, 6) is 0. The second kappa shape index (κ2) is 3.09. The Kier molecular flexibility index (Phi) is 2.42. The molecule has 6 nitrogen and oxygen atoms in total. The molecule has 0 amide bonds. The van der Waals surface area contributed by atoms with Crippen LogP contribution in [-0.2, 0) is 17.2 Å². The minimum atomic E-state index is -4.46. The van der Waals surface area contributed by atoms with E-state index in [1.165, 1.54) is 10.9 Å². The van der Waals surface area contributed by atoms with Crippen molar-refractivity contribution < 1.29 is 18.1 Å². The lowest BCUT2D eigenvalue weighted by Gasteiger charge is -2.05. The third kappa shape index (κ3) is 1.87. The van der Waals surface area contributed by atoms with E-state index < -0.39 is 15.6 Å². The van der Waals surface area contributed by atoms with Gasteiger partial charge in [0.1, 0.15) is 0 Å². The summed E-state index contributed by atoms with van der Waals surface area (Å²) in [5, 5.41) is 12.9. The molecule has 0 fully saturated rings. The third-order valence-electron chi connectivity index (χ3n) is 1.82. The fourth-order valence-corrected chi connectivity index (χ4v) is 1.47. The second-order valence-electron chi connectivity index (χ2n) is 2.68. The highest BCUT2D eigenvalue weighted by Gasteiger charge is 2.25. The number of aryl methyl sites for hydroxylation is 1. The van der Waals surface area contributed by atoms with Crippen LogP contribution in [0.1, 0.15) is 16.7 Å². The predicted molar refractivity (Wildman–Crippen MR) is 44.5 cm³/mol. The first-order valence-corrected chi connectivity index (χ1v) is 4.97. The molecule has 0 aliphatic carbocycles. The van der Waals surface area contributed by atoms with Gasteiger partial charge in [-0.25, -0.2) is 0 Å². The van der Waals surface area contributed by atoms with E-state index in [9.17, 15) is 8.42 Å². The van der Waals surface area contributed by atoms with Gasteiger partial charge in [-0.3, -0.25) is 9.23 Å². The molecule has 1 aromatic heterocycles. The van der Waals surface area contributed by atoms with E-state index >= 15 is 0 Å². The molecule has 0 aliphatic rings. The zero-order valence-corrected chi connectivity index (χ0v) is 7.98. The van der Waals surface area contributed by atoms with Crippen LogP contribution in [0.2, 0.25) is 0 Å². The van der Waals surface area contributed by atoms with Crippen molar-refractivity contribution in [2.75, 3.05) is 0 Å². The van der Waals surface area contributed by atoms with Gasteiger partial charge in [-0.2, -0.15) is 13.5 Å². The summed E-state index contributed by atoms with van der Waals surface area (Å²) in [6.07, 6.45) is 1.20. The molecular weight excluding hydrogens is 196 g/mol. The van der Waals surface area contributed by atoms with Gasteiger partial charge in [0.15, 0.2) is 0 Å². The fraction of sp³-hybridized carbons (Fsp3) is 0.500. The van der Waals surface area contributed by atoms with E-state index in [-0.39, 0.29) is 5.56 Å². The average molecular weight is 206 g/mol. The van der Waals surface area contributed by atoms with E-state index in [1.54, 1.807) is 14.0 Å². The van der Waals surface area contributed by atoms with E-state index in [4.69, 9.17) is 9.66 Å².